The van der Waals surface area contributed by atoms with Crippen LogP contribution in [0.5, 0.6) is 5.75 Å². The third-order valence-electron chi connectivity index (χ3n) is 4.39. The van der Waals surface area contributed by atoms with Crippen LogP contribution in [0.4, 0.5) is 0 Å². The minimum atomic E-state index is -0.425. The largest absolute Gasteiger partial charge is 0.493 e. The summed E-state index contributed by atoms with van der Waals surface area (Å²) >= 11 is 0. The number of carbonyl (C=O) groups is 2. The molecule has 2 aromatic heterocycles. The second-order valence-electron chi connectivity index (χ2n) is 6.39. The Bertz CT molecular complexity index is 1040. The Hall–Kier alpha value is -3.88. The molecule has 0 atom stereocenters. The summed E-state index contributed by atoms with van der Waals surface area (Å²) in [4.78, 5) is 40.6. The summed E-state index contributed by atoms with van der Waals surface area (Å²) in [6, 6.07) is 7.20. The Kier molecular flexibility index (Phi) is 5.37. The molecule has 0 fully saturated rings. The molecule has 2 N–H and O–H groups in total. The van der Waals surface area contributed by atoms with Crippen LogP contribution in [0, 0.1) is 0 Å². The molecule has 0 spiro atoms. The minimum absolute atomic E-state index is 0.101. The number of hydrogen-bond acceptors (Lipinski definition) is 7. The summed E-state index contributed by atoms with van der Waals surface area (Å²) in [7, 11) is 0. The van der Waals surface area contributed by atoms with E-state index in [-0.39, 0.29) is 23.8 Å². The summed E-state index contributed by atoms with van der Waals surface area (Å²) in [6.45, 7) is 1.25. The molecule has 9 nitrogen and oxygen atoms in total. The van der Waals surface area contributed by atoms with E-state index >= 15 is 0 Å². The van der Waals surface area contributed by atoms with Gasteiger partial charge in [0.1, 0.15) is 23.5 Å². The number of fused-ring (bicyclic) bond motifs is 1. The number of carbonyl (C=O) groups excluding carboxylic acids is 2. The molecule has 1 aromatic carbocycles. The van der Waals surface area contributed by atoms with Crippen molar-refractivity contribution >= 4 is 11.8 Å². The van der Waals surface area contributed by atoms with E-state index in [2.05, 4.69) is 30.6 Å². The van der Waals surface area contributed by atoms with Crippen molar-refractivity contribution in [3.63, 3.8) is 0 Å². The molecule has 2 amide bonds. The lowest BCUT2D eigenvalue weighted by Gasteiger charge is -2.08. The van der Waals surface area contributed by atoms with E-state index in [1.165, 1.54) is 12.4 Å². The maximum Gasteiger partial charge on any atom is 0.270 e. The second-order valence-corrected chi connectivity index (χ2v) is 6.39. The average molecular weight is 390 g/mol. The van der Waals surface area contributed by atoms with Gasteiger partial charge in [0.25, 0.3) is 11.8 Å². The summed E-state index contributed by atoms with van der Waals surface area (Å²) in [5.74, 6) is 0.0888. The van der Waals surface area contributed by atoms with Crippen molar-refractivity contribution in [2.24, 2.45) is 0 Å². The third-order valence-corrected chi connectivity index (χ3v) is 4.39. The Morgan fingerprint density at radius 1 is 0.966 bits per heavy atom. The van der Waals surface area contributed by atoms with Gasteiger partial charge in [-0.05, 0) is 17.2 Å². The third kappa shape index (κ3) is 4.52. The maximum atomic E-state index is 12.4. The molecule has 0 radical (unpaired) electrons. The fourth-order valence-electron chi connectivity index (χ4n) is 2.91. The van der Waals surface area contributed by atoms with Gasteiger partial charge in [0.05, 0.1) is 25.0 Å². The van der Waals surface area contributed by atoms with Crippen LogP contribution in [-0.2, 0) is 19.5 Å². The molecule has 3 aromatic rings. The Morgan fingerprint density at radius 2 is 1.76 bits per heavy atom. The number of benzene rings is 1. The Labute approximate surface area is 166 Å². The lowest BCUT2D eigenvalue weighted by Crippen LogP contribution is -2.27. The zero-order chi connectivity index (χ0) is 20.1. The summed E-state index contributed by atoms with van der Waals surface area (Å²) in [5.41, 5.74) is 2.95. The molecule has 1 aliphatic heterocycles. The lowest BCUT2D eigenvalue weighted by molar-refractivity contribution is 0.0944. The van der Waals surface area contributed by atoms with Gasteiger partial charge >= 0.3 is 0 Å². The normalized spacial score (nSPS) is 12.0. The van der Waals surface area contributed by atoms with Crippen LogP contribution in [0.15, 0.2) is 49.2 Å². The highest BCUT2D eigenvalue weighted by molar-refractivity contribution is 5.97. The lowest BCUT2D eigenvalue weighted by atomic mass is 10.1. The zero-order valence-electron chi connectivity index (χ0n) is 15.5. The maximum absolute atomic E-state index is 12.4. The van der Waals surface area contributed by atoms with E-state index in [4.69, 9.17) is 4.74 Å². The molecule has 1 aliphatic rings. The van der Waals surface area contributed by atoms with Gasteiger partial charge in [0.15, 0.2) is 0 Å². The first-order chi connectivity index (χ1) is 14.2. The van der Waals surface area contributed by atoms with Gasteiger partial charge in [0.2, 0.25) is 0 Å². The molecule has 0 saturated carbocycles. The van der Waals surface area contributed by atoms with Gasteiger partial charge in [-0.25, -0.2) is 9.97 Å². The Balaban J connectivity index is 1.36. The SMILES string of the molecule is O=C(NCc1ccc2c(c1)CCO2)c1cc(C(=O)NCc2cnccn2)ncn1. The summed E-state index contributed by atoms with van der Waals surface area (Å²) in [6.07, 6.45) is 6.72. The minimum Gasteiger partial charge on any atom is -0.493 e. The van der Waals surface area contributed by atoms with Gasteiger partial charge in [-0.15, -0.1) is 0 Å². The fourth-order valence-corrected chi connectivity index (χ4v) is 2.91. The molecule has 3 heterocycles. The van der Waals surface area contributed by atoms with Crippen molar-refractivity contribution < 1.29 is 14.3 Å². The number of hydrogen-bond donors (Lipinski definition) is 2. The van der Waals surface area contributed by atoms with Crippen LogP contribution < -0.4 is 15.4 Å². The number of ether oxygens (including phenoxy) is 1. The molecule has 29 heavy (non-hydrogen) atoms. The van der Waals surface area contributed by atoms with Crippen molar-refractivity contribution in [3.8, 4) is 5.75 Å². The van der Waals surface area contributed by atoms with Gasteiger partial charge in [-0.1, -0.05) is 12.1 Å². The monoisotopic (exact) mass is 390 g/mol. The molecule has 0 aliphatic carbocycles. The van der Waals surface area contributed by atoms with Gasteiger partial charge in [-0.2, -0.15) is 0 Å². The molecule has 9 heteroatoms. The van der Waals surface area contributed by atoms with Crippen molar-refractivity contribution in [1.29, 1.82) is 0 Å². The van der Waals surface area contributed by atoms with Crippen LogP contribution >= 0.6 is 0 Å². The van der Waals surface area contributed by atoms with E-state index in [9.17, 15) is 9.59 Å². The first-order valence-electron chi connectivity index (χ1n) is 9.07. The van der Waals surface area contributed by atoms with E-state index < -0.39 is 5.91 Å². The number of nitrogens with one attached hydrogen (secondary N) is 2. The van der Waals surface area contributed by atoms with Crippen molar-refractivity contribution in [2.45, 2.75) is 19.5 Å². The number of rotatable bonds is 6. The predicted octanol–water partition coefficient (Wildman–Crippen LogP) is 1.06. The number of nitrogens with zero attached hydrogens (tertiary/aromatic N) is 4. The molecular weight excluding hydrogens is 372 g/mol. The second kappa shape index (κ2) is 8.42. The first-order valence-corrected chi connectivity index (χ1v) is 9.07. The smallest absolute Gasteiger partial charge is 0.270 e. The van der Waals surface area contributed by atoms with Gasteiger partial charge in [0, 0.05) is 31.4 Å². The van der Waals surface area contributed by atoms with Crippen molar-refractivity contribution in [3.05, 3.63) is 77.4 Å². The summed E-state index contributed by atoms with van der Waals surface area (Å²) < 4.78 is 5.48. The van der Waals surface area contributed by atoms with Crippen LogP contribution in [-0.4, -0.2) is 38.4 Å². The molecule has 4 rings (SSSR count). The molecule has 0 saturated heterocycles. The van der Waals surface area contributed by atoms with Crippen LogP contribution in [0.2, 0.25) is 0 Å². The molecule has 0 bridgehead atoms. The molecule has 0 unspecified atom stereocenters. The van der Waals surface area contributed by atoms with Crippen molar-refractivity contribution in [2.75, 3.05) is 6.61 Å². The van der Waals surface area contributed by atoms with Gasteiger partial charge < -0.3 is 15.4 Å². The quantitative estimate of drug-likeness (QED) is 0.646. The van der Waals surface area contributed by atoms with Gasteiger partial charge in [-0.3, -0.25) is 19.6 Å². The van der Waals surface area contributed by atoms with Crippen molar-refractivity contribution in [1.82, 2.24) is 30.6 Å². The number of amides is 2. The van der Waals surface area contributed by atoms with E-state index in [0.717, 1.165) is 23.3 Å². The van der Waals surface area contributed by atoms with Crippen LogP contribution in [0.3, 0.4) is 0 Å². The van der Waals surface area contributed by atoms with Crippen LogP contribution in [0.1, 0.15) is 37.8 Å². The summed E-state index contributed by atoms with van der Waals surface area (Å²) in [5, 5.41) is 5.50. The molecular formula is C20H18N6O3. The fraction of sp³-hybridized carbons (Fsp3) is 0.200. The highest BCUT2D eigenvalue weighted by Gasteiger charge is 2.15. The van der Waals surface area contributed by atoms with E-state index in [1.54, 1.807) is 18.6 Å². The Morgan fingerprint density at radius 3 is 2.52 bits per heavy atom. The molecule has 146 valence electrons. The average Bonchev–Trinajstić information content (AvgIpc) is 3.24. The van der Waals surface area contributed by atoms with E-state index in [1.807, 2.05) is 18.2 Å². The highest BCUT2D eigenvalue weighted by Crippen LogP contribution is 2.25. The standard InChI is InChI=1S/C20H18N6O3/c27-19(23-9-13-1-2-18-14(7-13)3-6-29-18)16-8-17(26-12-25-16)20(28)24-11-15-10-21-4-5-22-15/h1-2,4-5,7-8,10,12H,3,6,9,11H2,(H,23,27)(H,24,28). The first kappa shape index (κ1) is 18.5. The van der Waals surface area contributed by atoms with Crippen LogP contribution in [0.25, 0.3) is 0 Å². The van der Waals surface area contributed by atoms with E-state index in [0.29, 0.717) is 18.8 Å². The number of aromatic nitrogens is 4. The topological polar surface area (TPSA) is 119 Å². The zero-order valence-corrected chi connectivity index (χ0v) is 15.5. The predicted molar refractivity (Wildman–Crippen MR) is 102 cm³/mol. The highest BCUT2D eigenvalue weighted by atomic mass is 16.5.